The molecule has 0 aliphatic carbocycles. The van der Waals surface area contributed by atoms with E-state index in [9.17, 15) is 4.79 Å². The molecule has 0 bridgehead atoms. The van der Waals surface area contributed by atoms with Gasteiger partial charge >= 0.3 is 5.76 Å². The lowest BCUT2D eigenvalue weighted by atomic mass is 10.2. The molecule has 0 saturated heterocycles. The molecule has 0 amide bonds. The predicted octanol–water partition coefficient (Wildman–Crippen LogP) is 2.89. The van der Waals surface area contributed by atoms with E-state index >= 15 is 0 Å². The van der Waals surface area contributed by atoms with E-state index in [-0.39, 0.29) is 0 Å². The zero-order valence-corrected chi connectivity index (χ0v) is 12.1. The van der Waals surface area contributed by atoms with E-state index in [0.717, 1.165) is 5.56 Å². The van der Waals surface area contributed by atoms with Crippen molar-refractivity contribution in [2.24, 2.45) is 0 Å². The highest BCUT2D eigenvalue weighted by atomic mass is 35.5. The van der Waals surface area contributed by atoms with Gasteiger partial charge in [-0.1, -0.05) is 11.6 Å². The van der Waals surface area contributed by atoms with E-state index in [0.29, 0.717) is 34.1 Å². The largest absolute Gasteiger partial charge is 0.496 e. The molecule has 0 aliphatic heterocycles. The number of rotatable bonds is 3. The summed E-state index contributed by atoms with van der Waals surface area (Å²) in [6, 6.07) is 10.4. The van der Waals surface area contributed by atoms with Crippen LogP contribution in [0.3, 0.4) is 0 Å². The Morgan fingerprint density at radius 1 is 1.29 bits per heavy atom. The van der Waals surface area contributed by atoms with Crippen molar-refractivity contribution >= 4 is 28.4 Å². The maximum absolute atomic E-state index is 12.0. The summed E-state index contributed by atoms with van der Waals surface area (Å²) in [5.74, 6) is 0.216. The average Bonchev–Trinajstić information content (AvgIpc) is 2.74. The molecule has 0 spiro atoms. The summed E-state index contributed by atoms with van der Waals surface area (Å²) < 4.78 is 12.0. The fourth-order valence-electron chi connectivity index (χ4n) is 2.27. The first-order valence-electron chi connectivity index (χ1n) is 6.30. The first kappa shape index (κ1) is 13.6. The summed E-state index contributed by atoms with van der Waals surface area (Å²) in [5.41, 5.74) is 8.17. The molecule has 6 heteroatoms. The van der Waals surface area contributed by atoms with Crippen LogP contribution in [0.25, 0.3) is 11.1 Å². The first-order valence-corrected chi connectivity index (χ1v) is 6.67. The van der Waals surface area contributed by atoms with Gasteiger partial charge in [0, 0.05) is 22.3 Å². The fraction of sp³-hybridized carbons (Fsp3) is 0.133. The Bertz CT molecular complexity index is 867. The Balaban J connectivity index is 2.12. The highest BCUT2D eigenvalue weighted by molar-refractivity contribution is 6.30. The van der Waals surface area contributed by atoms with E-state index in [1.165, 1.54) is 4.57 Å². The van der Waals surface area contributed by atoms with Gasteiger partial charge in [-0.15, -0.1) is 0 Å². The second kappa shape index (κ2) is 5.18. The Morgan fingerprint density at radius 3 is 2.86 bits per heavy atom. The fourth-order valence-corrected chi connectivity index (χ4v) is 2.47. The number of hydrogen-bond acceptors (Lipinski definition) is 4. The molecule has 3 aromatic rings. The lowest BCUT2D eigenvalue weighted by Gasteiger charge is -2.09. The van der Waals surface area contributed by atoms with Gasteiger partial charge in [0.15, 0.2) is 5.58 Å². The Kier molecular flexibility index (Phi) is 3.35. The summed E-state index contributed by atoms with van der Waals surface area (Å²) in [6.45, 7) is 0.305. The van der Waals surface area contributed by atoms with E-state index in [1.54, 1.807) is 43.5 Å². The number of ether oxygens (including phenoxy) is 1. The van der Waals surface area contributed by atoms with Gasteiger partial charge in [-0.05, 0) is 30.3 Å². The highest BCUT2D eigenvalue weighted by Gasteiger charge is 2.12. The van der Waals surface area contributed by atoms with Crippen molar-refractivity contribution < 1.29 is 9.15 Å². The molecule has 21 heavy (non-hydrogen) atoms. The summed E-state index contributed by atoms with van der Waals surface area (Å²) in [5, 5.41) is 0.580. The van der Waals surface area contributed by atoms with Crippen LogP contribution in [0.4, 0.5) is 5.69 Å². The molecular weight excluding hydrogens is 292 g/mol. The van der Waals surface area contributed by atoms with Gasteiger partial charge < -0.3 is 14.9 Å². The number of halogens is 1. The quantitative estimate of drug-likeness (QED) is 0.755. The van der Waals surface area contributed by atoms with Crippen LogP contribution in [0.5, 0.6) is 5.75 Å². The van der Waals surface area contributed by atoms with Crippen LogP contribution < -0.4 is 16.2 Å². The molecule has 2 N–H and O–H groups in total. The number of aromatic nitrogens is 1. The van der Waals surface area contributed by atoms with Gasteiger partial charge in [-0.25, -0.2) is 4.79 Å². The molecule has 0 saturated carbocycles. The van der Waals surface area contributed by atoms with E-state index in [2.05, 4.69) is 0 Å². The molecule has 1 aromatic heterocycles. The van der Waals surface area contributed by atoms with Crippen LogP contribution in [-0.4, -0.2) is 11.7 Å². The average molecular weight is 305 g/mol. The lowest BCUT2D eigenvalue weighted by molar-refractivity contribution is 0.407. The van der Waals surface area contributed by atoms with Crippen LogP contribution >= 0.6 is 11.6 Å². The van der Waals surface area contributed by atoms with E-state index in [4.69, 9.17) is 26.5 Å². The van der Waals surface area contributed by atoms with E-state index < -0.39 is 5.76 Å². The molecule has 108 valence electrons. The van der Waals surface area contributed by atoms with Crippen LogP contribution in [0.15, 0.2) is 45.6 Å². The summed E-state index contributed by atoms with van der Waals surface area (Å²) >= 11 is 6.01. The van der Waals surface area contributed by atoms with Crippen molar-refractivity contribution in [3.63, 3.8) is 0 Å². The lowest BCUT2D eigenvalue weighted by Crippen LogP contribution is -2.15. The number of nitrogens with zero attached hydrogens (tertiary/aromatic N) is 1. The number of methoxy groups -OCH3 is 1. The van der Waals surface area contributed by atoms with Gasteiger partial charge in [0.25, 0.3) is 0 Å². The van der Waals surface area contributed by atoms with Crippen LogP contribution in [0.1, 0.15) is 5.56 Å². The zero-order chi connectivity index (χ0) is 15.0. The second-order valence-corrected chi connectivity index (χ2v) is 5.07. The number of nitrogen functional groups attached to an aromatic ring is 1. The molecule has 5 nitrogen and oxygen atoms in total. The van der Waals surface area contributed by atoms with E-state index in [1.807, 2.05) is 0 Å². The summed E-state index contributed by atoms with van der Waals surface area (Å²) in [6.07, 6.45) is 0. The summed E-state index contributed by atoms with van der Waals surface area (Å²) in [7, 11) is 1.57. The van der Waals surface area contributed by atoms with Crippen LogP contribution in [0.2, 0.25) is 5.02 Å². The van der Waals surface area contributed by atoms with Crippen molar-refractivity contribution in [3.8, 4) is 5.75 Å². The maximum atomic E-state index is 12.0. The number of benzene rings is 2. The molecule has 0 unspecified atom stereocenters. The number of fused-ring (bicyclic) bond motifs is 1. The van der Waals surface area contributed by atoms with Crippen LogP contribution in [-0.2, 0) is 6.54 Å². The van der Waals surface area contributed by atoms with Gasteiger partial charge in [0.1, 0.15) is 5.75 Å². The minimum atomic E-state index is -0.447. The van der Waals surface area contributed by atoms with Crippen LogP contribution in [0, 0.1) is 0 Å². The van der Waals surface area contributed by atoms with Crippen molar-refractivity contribution in [3.05, 3.63) is 57.5 Å². The van der Waals surface area contributed by atoms with Gasteiger partial charge in [0.05, 0.1) is 19.2 Å². The minimum Gasteiger partial charge on any atom is -0.496 e. The van der Waals surface area contributed by atoms with Crippen molar-refractivity contribution in [2.45, 2.75) is 6.54 Å². The highest BCUT2D eigenvalue weighted by Crippen LogP contribution is 2.25. The standard InChI is InChI=1S/C15H13ClN2O3/c1-20-13-5-2-10(16)6-9(13)8-18-12-4-3-11(17)7-14(12)21-15(18)19/h2-7H,8,17H2,1H3. The molecule has 0 fully saturated rings. The Morgan fingerprint density at radius 2 is 2.10 bits per heavy atom. The Hall–Kier alpha value is -2.40. The molecule has 0 aliphatic rings. The SMILES string of the molecule is COc1ccc(Cl)cc1Cn1c(=O)oc2cc(N)ccc21. The Labute approximate surface area is 125 Å². The smallest absolute Gasteiger partial charge is 0.420 e. The van der Waals surface area contributed by atoms with Gasteiger partial charge in [-0.3, -0.25) is 4.57 Å². The molecule has 3 rings (SSSR count). The number of hydrogen-bond donors (Lipinski definition) is 1. The van der Waals surface area contributed by atoms with Crippen molar-refractivity contribution in [1.82, 2.24) is 4.57 Å². The monoisotopic (exact) mass is 304 g/mol. The van der Waals surface area contributed by atoms with Crippen molar-refractivity contribution in [2.75, 3.05) is 12.8 Å². The van der Waals surface area contributed by atoms with Gasteiger partial charge in [-0.2, -0.15) is 0 Å². The number of anilines is 1. The number of oxazole rings is 1. The van der Waals surface area contributed by atoms with Crippen molar-refractivity contribution in [1.29, 1.82) is 0 Å². The first-order chi connectivity index (χ1) is 10.1. The molecular formula is C15H13ClN2O3. The maximum Gasteiger partial charge on any atom is 0.420 e. The topological polar surface area (TPSA) is 70.4 Å². The normalized spacial score (nSPS) is 11.0. The minimum absolute atomic E-state index is 0.305. The molecule has 1 heterocycles. The third-order valence-corrected chi connectivity index (χ3v) is 3.50. The predicted molar refractivity (Wildman–Crippen MR) is 82.0 cm³/mol. The molecule has 2 aromatic carbocycles. The molecule has 0 atom stereocenters. The summed E-state index contributed by atoms with van der Waals surface area (Å²) in [4.78, 5) is 12.0. The zero-order valence-electron chi connectivity index (χ0n) is 11.3. The third kappa shape index (κ3) is 2.48. The second-order valence-electron chi connectivity index (χ2n) is 4.64. The number of nitrogens with two attached hydrogens (primary N) is 1. The third-order valence-electron chi connectivity index (χ3n) is 3.26. The van der Waals surface area contributed by atoms with Gasteiger partial charge in [0.2, 0.25) is 0 Å². The molecule has 0 radical (unpaired) electrons.